The van der Waals surface area contributed by atoms with Gasteiger partial charge in [0.25, 0.3) is 15.7 Å². The van der Waals surface area contributed by atoms with Crippen LogP contribution in [-0.4, -0.2) is 29.0 Å². The zero-order valence-corrected chi connectivity index (χ0v) is 27.0. The Morgan fingerprint density at radius 2 is 1.66 bits per heavy atom. The molecule has 242 valence electrons. The number of aromatic nitrogens is 1. The van der Waals surface area contributed by atoms with E-state index >= 15 is 0 Å². The van der Waals surface area contributed by atoms with Crippen LogP contribution in [0.1, 0.15) is 53.2 Å². The second-order valence-corrected chi connectivity index (χ2v) is 13.2. The molecule has 0 bridgehead atoms. The van der Waals surface area contributed by atoms with Crippen molar-refractivity contribution in [1.82, 2.24) is 4.98 Å². The average molecular weight is 675 g/mol. The number of hydrogen-bond acceptors (Lipinski definition) is 10. The van der Waals surface area contributed by atoms with E-state index in [4.69, 9.17) is 9.99 Å². The standard InChI is InChI=1S/C34H30N2O9S2/c1-3-4-5-8-20-11-13-21(14-12-20)43-27-18-26(35-25-16-15-22(47(40,41)42)17-28(25)46-45-44-39)30-31-29(19(2)34(38)36-32(27)31)23-9-6-7-10-24(23)33(30)37/h6-7,9-18,35,39H,3-5,8H2,1-2H3,(H,36,38)(H,40,41,42). The van der Waals surface area contributed by atoms with Crippen LogP contribution >= 0.6 is 12.0 Å². The molecule has 0 amide bonds. The highest BCUT2D eigenvalue weighted by molar-refractivity contribution is 7.94. The zero-order chi connectivity index (χ0) is 33.3. The Hall–Kier alpha value is -4.50. The first kappa shape index (κ1) is 32.4. The molecule has 0 fully saturated rings. The number of nitrogens with one attached hydrogen (secondary N) is 2. The summed E-state index contributed by atoms with van der Waals surface area (Å²) in [6, 6.07) is 19.9. The van der Waals surface area contributed by atoms with Crippen LogP contribution in [0.4, 0.5) is 11.4 Å². The van der Waals surface area contributed by atoms with E-state index in [2.05, 4.69) is 26.6 Å². The van der Waals surface area contributed by atoms with E-state index in [0.717, 1.165) is 37.8 Å². The Kier molecular flexibility index (Phi) is 9.19. The van der Waals surface area contributed by atoms with E-state index < -0.39 is 15.0 Å². The normalized spacial score (nSPS) is 12.3. The van der Waals surface area contributed by atoms with Crippen molar-refractivity contribution in [2.24, 2.45) is 0 Å². The van der Waals surface area contributed by atoms with Gasteiger partial charge in [-0.3, -0.25) is 14.1 Å². The molecule has 1 heterocycles. The van der Waals surface area contributed by atoms with E-state index in [0.29, 0.717) is 50.9 Å². The van der Waals surface area contributed by atoms with Crippen LogP contribution in [0, 0.1) is 6.92 Å². The molecule has 11 nitrogen and oxygen atoms in total. The number of unbranched alkanes of at least 4 members (excludes halogenated alkanes) is 2. The lowest BCUT2D eigenvalue weighted by Crippen LogP contribution is -2.19. The number of benzene rings is 4. The molecule has 47 heavy (non-hydrogen) atoms. The molecular weight excluding hydrogens is 645 g/mol. The van der Waals surface area contributed by atoms with Gasteiger partial charge in [0.1, 0.15) is 5.75 Å². The van der Waals surface area contributed by atoms with Gasteiger partial charge >= 0.3 is 0 Å². The number of anilines is 2. The van der Waals surface area contributed by atoms with Crippen LogP contribution in [0.15, 0.2) is 87.4 Å². The molecule has 0 saturated heterocycles. The number of pyridine rings is 1. The van der Waals surface area contributed by atoms with E-state index in [9.17, 15) is 22.6 Å². The number of hydrogen-bond donors (Lipinski definition) is 4. The summed E-state index contributed by atoms with van der Waals surface area (Å²) in [4.78, 5) is 30.1. The lowest BCUT2D eigenvalue weighted by molar-refractivity contribution is -0.432. The highest BCUT2D eigenvalue weighted by atomic mass is 32.2. The Morgan fingerprint density at radius 3 is 2.36 bits per heavy atom. The van der Waals surface area contributed by atoms with Crippen molar-refractivity contribution in [1.29, 1.82) is 0 Å². The van der Waals surface area contributed by atoms with Gasteiger partial charge in [0.15, 0.2) is 11.5 Å². The fourth-order valence-corrected chi connectivity index (χ4v) is 6.86. The van der Waals surface area contributed by atoms with Gasteiger partial charge in [-0.15, -0.1) is 4.33 Å². The van der Waals surface area contributed by atoms with Gasteiger partial charge in [-0.1, -0.05) is 61.2 Å². The van der Waals surface area contributed by atoms with E-state index in [-0.39, 0.29) is 38.9 Å². The second kappa shape index (κ2) is 13.3. The summed E-state index contributed by atoms with van der Waals surface area (Å²) >= 11 is 0.466. The summed E-state index contributed by atoms with van der Waals surface area (Å²) in [5, 5.41) is 16.2. The molecule has 1 aliphatic carbocycles. The van der Waals surface area contributed by atoms with Crippen molar-refractivity contribution in [3.63, 3.8) is 0 Å². The van der Waals surface area contributed by atoms with Crippen molar-refractivity contribution in [2.45, 2.75) is 49.3 Å². The molecule has 1 aromatic heterocycles. The number of ether oxygens (including phenoxy) is 1. The lowest BCUT2D eigenvalue weighted by atomic mass is 9.81. The van der Waals surface area contributed by atoms with Crippen molar-refractivity contribution < 1.29 is 37.1 Å². The molecule has 0 saturated carbocycles. The number of aromatic amines is 1. The van der Waals surface area contributed by atoms with E-state index in [1.165, 1.54) is 11.6 Å². The first-order valence-electron chi connectivity index (χ1n) is 14.8. The third-order valence-corrected chi connectivity index (χ3v) is 9.55. The minimum Gasteiger partial charge on any atom is -0.455 e. The SMILES string of the molecule is CCCCCc1ccc(Oc2cc(Nc3ccc(S(=O)(=O)O)cc3SOOO)c3c4c(c(C)c(=O)[nH]c24)-c2ccccc2C3=O)cc1. The van der Waals surface area contributed by atoms with Gasteiger partial charge in [-0.2, -0.15) is 8.42 Å². The Morgan fingerprint density at radius 1 is 0.915 bits per heavy atom. The van der Waals surface area contributed by atoms with Gasteiger partial charge in [-0.25, -0.2) is 5.26 Å². The number of carbonyl (C=O) groups excluding carboxylic acids is 1. The smallest absolute Gasteiger partial charge is 0.294 e. The van der Waals surface area contributed by atoms with E-state index in [1.807, 2.05) is 24.3 Å². The van der Waals surface area contributed by atoms with Crippen molar-refractivity contribution in [3.8, 4) is 22.6 Å². The van der Waals surface area contributed by atoms with Crippen LogP contribution in [-0.2, 0) is 25.9 Å². The highest BCUT2D eigenvalue weighted by Crippen LogP contribution is 2.47. The molecule has 4 aromatic carbocycles. The molecule has 6 rings (SSSR count). The second-order valence-electron chi connectivity index (χ2n) is 11.1. The molecular formula is C34H30N2O9S2. The molecule has 0 atom stereocenters. The monoisotopic (exact) mass is 674 g/mol. The summed E-state index contributed by atoms with van der Waals surface area (Å²) in [5.41, 5.74) is 3.96. The molecule has 1 aliphatic rings. The maximum atomic E-state index is 14.2. The molecule has 5 aromatic rings. The number of rotatable bonds is 12. The minimum atomic E-state index is -4.59. The molecule has 0 radical (unpaired) electrons. The van der Waals surface area contributed by atoms with Crippen LogP contribution in [0.5, 0.6) is 11.5 Å². The van der Waals surface area contributed by atoms with Crippen LogP contribution < -0.4 is 15.6 Å². The summed E-state index contributed by atoms with van der Waals surface area (Å²) in [5.74, 6) is 0.459. The van der Waals surface area contributed by atoms with Crippen molar-refractivity contribution in [2.75, 3.05) is 5.32 Å². The largest absolute Gasteiger partial charge is 0.455 e. The predicted octanol–water partition coefficient (Wildman–Crippen LogP) is 7.99. The molecule has 0 aliphatic heterocycles. The zero-order valence-electron chi connectivity index (χ0n) is 25.3. The van der Waals surface area contributed by atoms with Gasteiger partial charge < -0.3 is 15.0 Å². The third-order valence-electron chi connectivity index (χ3n) is 8.06. The molecule has 4 N–H and O–H groups in total. The first-order valence-corrected chi connectivity index (χ1v) is 17.0. The Bertz CT molecular complexity index is 2180. The molecule has 0 unspecified atom stereocenters. The lowest BCUT2D eigenvalue weighted by Gasteiger charge is -2.25. The van der Waals surface area contributed by atoms with Gasteiger partial charge in [0.2, 0.25) is 0 Å². The maximum absolute atomic E-state index is 14.2. The molecule has 0 spiro atoms. The average Bonchev–Trinajstić information content (AvgIpc) is 3.05. The number of ketones is 1. The molecule has 13 heteroatoms. The van der Waals surface area contributed by atoms with Crippen LogP contribution in [0.2, 0.25) is 0 Å². The summed E-state index contributed by atoms with van der Waals surface area (Å²) < 4.78 is 44.3. The highest BCUT2D eigenvalue weighted by Gasteiger charge is 2.32. The van der Waals surface area contributed by atoms with Crippen molar-refractivity contribution >= 4 is 50.2 Å². The minimum absolute atomic E-state index is 0.0872. The number of aryl methyl sites for hydroxylation is 1. The van der Waals surface area contributed by atoms with Crippen LogP contribution in [0.25, 0.3) is 22.0 Å². The summed E-state index contributed by atoms with van der Waals surface area (Å²) in [6.07, 6.45) is 4.29. The topological polar surface area (TPSA) is 164 Å². The fraction of sp³-hybridized carbons (Fsp3) is 0.176. The number of fused-ring (bicyclic) bond motifs is 2. The van der Waals surface area contributed by atoms with Crippen molar-refractivity contribution in [3.05, 3.63) is 105 Å². The predicted molar refractivity (Wildman–Crippen MR) is 178 cm³/mol. The summed E-state index contributed by atoms with van der Waals surface area (Å²) in [7, 11) is -4.59. The first-order chi connectivity index (χ1) is 22.6. The summed E-state index contributed by atoms with van der Waals surface area (Å²) in [6.45, 7) is 3.85. The van der Waals surface area contributed by atoms with Gasteiger partial charge in [-0.05, 0) is 61.2 Å². The maximum Gasteiger partial charge on any atom is 0.294 e. The fourth-order valence-electron chi connectivity index (χ4n) is 5.79. The van der Waals surface area contributed by atoms with Crippen LogP contribution in [0.3, 0.4) is 0 Å². The Balaban J connectivity index is 1.55. The number of H-pyrrole nitrogens is 1. The van der Waals surface area contributed by atoms with Gasteiger partial charge in [0, 0.05) is 28.1 Å². The Labute approximate surface area is 274 Å². The van der Waals surface area contributed by atoms with Gasteiger partial charge in [0.05, 0.1) is 44.3 Å². The van der Waals surface area contributed by atoms with E-state index in [1.54, 1.807) is 37.3 Å². The number of carbonyl (C=O) groups is 1. The quantitative estimate of drug-likeness (QED) is 0.0327. The third kappa shape index (κ3) is 6.41.